The fourth-order valence-electron chi connectivity index (χ4n) is 6.81. The first-order valence-electron chi connectivity index (χ1n) is 23.5. The molecule has 0 radical (unpaired) electrons. The first-order chi connectivity index (χ1) is 34.8. The molecule has 1 aromatic heterocycles. The highest BCUT2D eigenvalue weighted by Gasteiger charge is 2.31. The van der Waals surface area contributed by atoms with Gasteiger partial charge in [0.15, 0.2) is 21.2 Å². The summed E-state index contributed by atoms with van der Waals surface area (Å²) in [6.07, 6.45) is 3.52. The van der Waals surface area contributed by atoms with Crippen molar-refractivity contribution in [1.29, 1.82) is 0 Å². The van der Waals surface area contributed by atoms with Gasteiger partial charge >= 0.3 is 6.09 Å². The Morgan fingerprint density at radius 3 is 2.05 bits per heavy atom. The lowest BCUT2D eigenvalue weighted by atomic mass is 10.1. The number of carbonyl (C=O) groups excluding carboxylic acids is 3. The third kappa shape index (κ3) is 21.8. The van der Waals surface area contributed by atoms with Gasteiger partial charge < -0.3 is 51.6 Å². The molecule has 2 saturated heterocycles. The average Bonchev–Trinajstić information content (AvgIpc) is 4.14. The number of amides is 1. The summed E-state index contributed by atoms with van der Waals surface area (Å²) < 4.78 is 17.3. The Balaban J connectivity index is 0.000000245. The largest absolute Gasteiger partial charge is 0.489 e. The second kappa shape index (κ2) is 30.5. The number of Topliss-reactive ketones (excluding diaryl/α,β-unsaturated/α-hetero) is 1. The number of thioether (sulfide) groups is 1. The van der Waals surface area contributed by atoms with Gasteiger partial charge in [0.1, 0.15) is 40.0 Å². The van der Waals surface area contributed by atoms with Crippen molar-refractivity contribution in [1.82, 2.24) is 15.2 Å². The molecule has 2 aliphatic heterocycles. The van der Waals surface area contributed by atoms with Crippen LogP contribution < -0.4 is 36.9 Å². The number of alkyl halides is 1. The third-order valence-electron chi connectivity index (χ3n) is 10.3. The van der Waals surface area contributed by atoms with Gasteiger partial charge in [0.05, 0.1) is 11.9 Å². The van der Waals surface area contributed by atoms with Crippen LogP contribution in [0.4, 0.5) is 27.1 Å². The van der Waals surface area contributed by atoms with Gasteiger partial charge in [0.25, 0.3) is 5.97 Å². The van der Waals surface area contributed by atoms with E-state index in [1.54, 1.807) is 4.90 Å². The van der Waals surface area contributed by atoms with E-state index in [1.165, 1.54) is 28.7 Å². The van der Waals surface area contributed by atoms with Gasteiger partial charge in [-0.15, -0.1) is 9.24 Å². The maximum absolute atomic E-state index is 12.9. The molecule has 7 rings (SSSR count). The van der Waals surface area contributed by atoms with Crippen LogP contribution in [-0.2, 0) is 22.4 Å². The number of benzene rings is 4. The number of carboxylic acids is 1. The number of nitrogens with two attached hydrogens (primary N) is 2. The number of carbonyl (C=O) groups is 4. The number of ketones is 2. The van der Waals surface area contributed by atoms with E-state index in [-0.39, 0.29) is 35.7 Å². The van der Waals surface area contributed by atoms with Gasteiger partial charge in [-0.05, 0) is 131 Å². The molecule has 3 heterocycles. The molecule has 8 N–H and O–H groups in total. The van der Waals surface area contributed by atoms with E-state index in [0.717, 1.165) is 85.2 Å². The molecule has 0 aliphatic carbocycles. The average molecular weight is 1140 g/mol. The number of anilines is 4. The molecule has 0 saturated carbocycles. The molecule has 2 fully saturated rings. The lowest BCUT2D eigenvalue weighted by molar-refractivity contribution is -0.134. The lowest BCUT2D eigenvalue weighted by Gasteiger charge is -2.24. The Bertz CT molecular complexity index is 2620. The minimum Gasteiger partial charge on any atom is -0.489 e. The molecule has 73 heavy (non-hydrogen) atoms. The van der Waals surface area contributed by atoms with E-state index in [1.807, 2.05) is 118 Å². The van der Waals surface area contributed by atoms with Crippen molar-refractivity contribution >= 4 is 117 Å². The van der Waals surface area contributed by atoms with Crippen LogP contribution in [0.15, 0.2) is 102 Å². The minimum absolute atomic E-state index is 0.0549. The van der Waals surface area contributed by atoms with Gasteiger partial charge in [0, 0.05) is 54.4 Å². The summed E-state index contributed by atoms with van der Waals surface area (Å²) in [5.41, 5.74) is 17.5. The molecule has 3 atom stereocenters. The van der Waals surface area contributed by atoms with Crippen molar-refractivity contribution < 1.29 is 38.5 Å². The second-order valence-electron chi connectivity index (χ2n) is 17.3. The number of aromatic nitrogens is 1. The van der Waals surface area contributed by atoms with Gasteiger partial charge in [0.2, 0.25) is 5.78 Å². The number of aryl methyl sites for hydroxylation is 2. The van der Waals surface area contributed by atoms with E-state index in [0.29, 0.717) is 44.3 Å². The Labute approximate surface area is 452 Å². The summed E-state index contributed by atoms with van der Waals surface area (Å²) in [5, 5.41) is 18.7. The van der Waals surface area contributed by atoms with Crippen molar-refractivity contribution in [2.75, 3.05) is 53.4 Å². The molecule has 0 spiro atoms. The van der Waals surface area contributed by atoms with Crippen LogP contribution in [0.5, 0.6) is 11.5 Å². The highest BCUT2D eigenvalue weighted by molar-refractivity contribution is 9.09. The number of nitrogens with zero attached hydrogens (tertiary/aromatic N) is 3. The number of likely N-dealkylation sites (tertiary alicyclic amines) is 1. The third-order valence-corrected chi connectivity index (χ3v) is 13.0. The Hall–Kier alpha value is -5.63. The number of thiazole rings is 1. The SMILES string of the molecule is CC(=O)O.CC(C)(C)OC(=O)N1CCC(Oc2ccc(NC(=S)N=C(N)SCP)cc2)C1.CCc1cccc(C(=O)CBr)c1.CCc1cccc(C(=O)c2sc(Nc3ccc(OC4CCNC4)cc3)nc2N)c1. The zero-order chi connectivity index (χ0) is 53.5. The fourth-order valence-corrected chi connectivity index (χ4v) is 9.11. The summed E-state index contributed by atoms with van der Waals surface area (Å²) in [6, 6.07) is 30.5. The highest BCUT2D eigenvalue weighted by Crippen LogP contribution is 2.31. The van der Waals surface area contributed by atoms with Crippen LogP contribution in [0.1, 0.15) is 91.1 Å². The van der Waals surface area contributed by atoms with Crippen molar-refractivity contribution in [2.24, 2.45) is 10.7 Å². The molecular weight excluding hydrogens is 1070 g/mol. The molecule has 2 aliphatic rings. The zero-order valence-electron chi connectivity index (χ0n) is 41.9. The number of thiocarbonyl (C=S) groups is 1. The standard InChI is InChI=1S/C22H24N4O2S.C18H27N4O3PS2.C10H11BrO.C2H4O2/c1-2-14-4-3-5-15(12-14)19(27)20-21(23)26-22(29-20)25-16-6-8-17(9-7-16)28-18-10-11-24-13-18;1-18(2,3)25-17(23)22-9-8-14(10-22)24-13-6-4-12(5-7-13)20-16(27)21-15(19)28-11-26;1-2-8-4-3-5-9(6-8)10(12)7-11;1-2(3)4/h3-9,12,18,24H,2,10-11,13,23H2,1H3,(H,25,26);4-7,14H,8-11,26H2,1-3H3,(H3,19,20,21,27);3-6H,2,7H2,1H3;1H3,(H,3,4). The van der Waals surface area contributed by atoms with E-state index in [4.69, 9.17) is 47.8 Å². The normalized spacial score (nSPS) is 15.0. The number of carboxylic acid groups (broad SMARTS) is 1. The Kier molecular flexibility index (Phi) is 25.1. The van der Waals surface area contributed by atoms with Crippen LogP contribution in [0.3, 0.4) is 0 Å². The highest BCUT2D eigenvalue weighted by atomic mass is 79.9. The lowest BCUT2D eigenvalue weighted by Crippen LogP contribution is -2.36. The van der Waals surface area contributed by atoms with Gasteiger partial charge in [-0.1, -0.05) is 89.3 Å². The molecule has 0 bridgehead atoms. The van der Waals surface area contributed by atoms with Gasteiger partial charge in [-0.2, -0.15) is 4.99 Å². The maximum Gasteiger partial charge on any atom is 0.410 e. The molecule has 392 valence electrons. The molecule has 3 unspecified atom stereocenters. The summed E-state index contributed by atoms with van der Waals surface area (Å²) in [4.78, 5) is 55.8. The molecule has 16 nitrogen and oxygen atoms in total. The molecular formula is C52H66BrN8O8PS3. The van der Waals surface area contributed by atoms with Gasteiger partial charge in [-0.25, -0.2) is 9.78 Å². The van der Waals surface area contributed by atoms with Crippen molar-refractivity contribution in [3.63, 3.8) is 0 Å². The topological polar surface area (TPSA) is 233 Å². The number of halogens is 1. The first-order valence-corrected chi connectivity index (χ1v) is 27.7. The fraction of sp³-hybridized carbons (Fsp3) is 0.365. The number of nitrogen functional groups attached to an aromatic ring is 1. The number of ether oxygens (including phenoxy) is 3. The first kappa shape index (κ1) is 59.9. The van der Waals surface area contributed by atoms with E-state index < -0.39 is 11.6 Å². The minimum atomic E-state index is -0.833. The second-order valence-corrected chi connectivity index (χ2v) is 21.3. The summed E-state index contributed by atoms with van der Waals surface area (Å²) in [5.74, 6) is 1.03. The smallest absolute Gasteiger partial charge is 0.410 e. The number of rotatable bonds is 14. The van der Waals surface area contributed by atoms with Crippen molar-refractivity contribution in [3.05, 3.63) is 124 Å². The Morgan fingerprint density at radius 1 is 0.932 bits per heavy atom. The summed E-state index contributed by atoms with van der Waals surface area (Å²) in [6.45, 7) is 13.8. The molecule has 5 aromatic rings. The summed E-state index contributed by atoms with van der Waals surface area (Å²) >= 11 is 11.0. The van der Waals surface area contributed by atoms with Crippen LogP contribution in [0.25, 0.3) is 0 Å². The van der Waals surface area contributed by atoms with Crippen LogP contribution in [-0.4, -0.2) is 104 Å². The quantitative estimate of drug-likeness (QED) is 0.0152. The number of aliphatic imine (C=N–C) groups is 1. The molecule has 4 aromatic carbocycles. The predicted molar refractivity (Wildman–Crippen MR) is 308 cm³/mol. The number of aliphatic carboxylic acids is 1. The van der Waals surface area contributed by atoms with Crippen LogP contribution >= 0.6 is 60.5 Å². The molecule has 21 heteroatoms. The molecule has 1 amide bonds. The van der Waals surface area contributed by atoms with Crippen LogP contribution in [0.2, 0.25) is 0 Å². The van der Waals surface area contributed by atoms with Gasteiger partial charge in [-0.3, -0.25) is 14.4 Å². The predicted octanol–water partition coefficient (Wildman–Crippen LogP) is 10.6. The number of amidine groups is 1. The number of hydrogen-bond acceptors (Lipinski definition) is 14. The zero-order valence-corrected chi connectivity index (χ0v) is 47.1. The van der Waals surface area contributed by atoms with Crippen LogP contribution in [0, 0.1) is 0 Å². The monoisotopic (exact) mass is 1140 g/mol. The van der Waals surface area contributed by atoms with E-state index in [2.05, 4.69) is 64.9 Å². The van der Waals surface area contributed by atoms with E-state index in [9.17, 15) is 14.4 Å². The van der Waals surface area contributed by atoms with E-state index >= 15 is 0 Å². The summed E-state index contributed by atoms with van der Waals surface area (Å²) in [7, 11) is 2.56. The Morgan fingerprint density at radius 2 is 1.51 bits per heavy atom. The number of nitrogens with one attached hydrogen (secondary N) is 3. The number of hydrogen-bond donors (Lipinski definition) is 6. The maximum atomic E-state index is 12.9. The van der Waals surface area contributed by atoms with Crippen molar-refractivity contribution in [3.8, 4) is 11.5 Å². The van der Waals surface area contributed by atoms with Crippen molar-refractivity contribution in [2.45, 2.75) is 85.0 Å².